The highest BCUT2D eigenvalue weighted by Crippen LogP contribution is 2.16. The van der Waals surface area contributed by atoms with Gasteiger partial charge in [0.15, 0.2) is 0 Å². The van der Waals surface area contributed by atoms with Crippen LogP contribution in [0.5, 0.6) is 5.75 Å². The summed E-state index contributed by atoms with van der Waals surface area (Å²) in [6.07, 6.45) is 2.24. The fraction of sp³-hybridized carbons (Fsp3) is 0.400. The van der Waals surface area contributed by atoms with Crippen LogP contribution in [0.1, 0.15) is 5.69 Å². The van der Waals surface area contributed by atoms with E-state index in [9.17, 15) is 5.11 Å². The number of aromatic nitrogens is 2. The Morgan fingerprint density at radius 3 is 2.76 bits per heavy atom. The van der Waals surface area contributed by atoms with Crippen LogP contribution in [0.15, 0.2) is 41.0 Å². The van der Waals surface area contributed by atoms with Gasteiger partial charge >= 0.3 is 0 Å². The quantitative estimate of drug-likeness (QED) is 0.710. The van der Waals surface area contributed by atoms with E-state index in [1.54, 1.807) is 4.68 Å². The molecule has 0 bridgehead atoms. The topological polar surface area (TPSA) is 59.3 Å². The summed E-state index contributed by atoms with van der Waals surface area (Å²) in [6, 6.07) is 9.55. The SMILES string of the molecule is Cn1ccc(CCNCC(O)COc2ccc(Br)cc2)n1. The number of aryl methyl sites for hydroxylation is 1. The summed E-state index contributed by atoms with van der Waals surface area (Å²) in [5.41, 5.74) is 1.05. The van der Waals surface area contributed by atoms with Crippen molar-refractivity contribution < 1.29 is 9.84 Å². The minimum absolute atomic E-state index is 0.276. The second kappa shape index (κ2) is 8.17. The van der Waals surface area contributed by atoms with Crippen LogP contribution in [0.25, 0.3) is 0 Å². The molecule has 0 saturated carbocycles. The lowest BCUT2D eigenvalue weighted by Gasteiger charge is -2.13. The lowest BCUT2D eigenvalue weighted by atomic mass is 10.3. The Hall–Kier alpha value is -1.37. The van der Waals surface area contributed by atoms with Crippen LogP contribution >= 0.6 is 15.9 Å². The third-order valence-electron chi connectivity index (χ3n) is 2.96. The second-order valence-electron chi connectivity index (χ2n) is 4.85. The number of nitrogens with one attached hydrogen (secondary N) is 1. The number of benzene rings is 1. The number of aliphatic hydroxyl groups excluding tert-OH is 1. The fourth-order valence-corrected chi connectivity index (χ4v) is 2.13. The summed E-state index contributed by atoms with van der Waals surface area (Å²) in [4.78, 5) is 0. The number of hydrogen-bond acceptors (Lipinski definition) is 4. The van der Waals surface area contributed by atoms with Crippen LogP contribution < -0.4 is 10.1 Å². The molecule has 21 heavy (non-hydrogen) atoms. The third kappa shape index (κ3) is 5.87. The summed E-state index contributed by atoms with van der Waals surface area (Å²) >= 11 is 3.37. The first-order valence-electron chi connectivity index (χ1n) is 6.89. The summed E-state index contributed by atoms with van der Waals surface area (Å²) < 4.78 is 8.31. The van der Waals surface area contributed by atoms with Gasteiger partial charge in [-0.25, -0.2) is 0 Å². The molecule has 0 amide bonds. The molecule has 0 aliphatic rings. The summed E-state index contributed by atoms with van der Waals surface area (Å²) in [6.45, 7) is 1.56. The molecular weight excluding hydrogens is 334 g/mol. The van der Waals surface area contributed by atoms with Crippen LogP contribution in [0.2, 0.25) is 0 Å². The molecule has 6 heteroatoms. The van der Waals surface area contributed by atoms with Crippen molar-refractivity contribution in [3.8, 4) is 5.75 Å². The van der Waals surface area contributed by atoms with Crippen LogP contribution in [0.3, 0.4) is 0 Å². The van der Waals surface area contributed by atoms with Gasteiger partial charge in [-0.05, 0) is 30.3 Å². The number of ether oxygens (including phenoxy) is 1. The first kappa shape index (κ1) is 16.0. The molecule has 114 valence electrons. The standard InChI is InChI=1S/C15H20BrN3O2/c1-19-9-7-13(18-19)6-8-17-10-14(20)11-21-15-4-2-12(16)3-5-15/h2-5,7,9,14,17,20H,6,8,10-11H2,1H3. The second-order valence-corrected chi connectivity index (χ2v) is 5.77. The van der Waals surface area contributed by atoms with E-state index in [1.807, 2.05) is 43.6 Å². The molecule has 1 heterocycles. The number of rotatable bonds is 8. The maximum absolute atomic E-state index is 9.85. The van der Waals surface area contributed by atoms with E-state index in [-0.39, 0.29) is 6.61 Å². The maximum atomic E-state index is 9.85. The molecule has 5 nitrogen and oxygen atoms in total. The zero-order chi connectivity index (χ0) is 15.1. The molecule has 0 radical (unpaired) electrons. The lowest BCUT2D eigenvalue weighted by molar-refractivity contribution is 0.106. The van der Waals surface area contributed by atoms with Gasteiger partial charge in [-0.15, -0.1) is 0 Å². The third-order valence-corrected chi connectivity index (χ3v) is 3.49. The van der Waals surface area contributed by atoms with E-state index < -0.39 is 6.10 Å². The van der Waals surface area contributed by atoms with Gasteiger partial charge < -0.3 is 15.2 Å². The van der Waals surface area contributed by atoms with Gasteiger partial charge in [0.05, 0.1) is 5.69 Å². The normalized spacial score (nSPS) is 12.3. The van der Waals surface area contributed by atoms with Crippen molar-refractivity contribution in [2.24, 2.45) is 7.05 Å². The molecule has 0 aliphatic carbocycles. The minimum atomic E-state index is -0.530. The van der Waals surface area contributed by atoms with Gasteiger partial charge in [-0.2, -0.15) is 5.10 Å². The highest BCUT2D eigenvalue weighted by Gasteiger charge is 2.05. The van der Waals surface area contributed by atoms with Gasteiger partial charge in [-0.3, -0.25) is 4.68 Å². The summed E-state index contributed by atoms with van der Waals surface area (Å²) in [5.74, 6) is 0.755. The van der Waals surface area contributed by atoms with Crippen molar-refractivity contribution >= 4 is 15.9 Å². The predicted molar refractivity (Wildman–Crippen MR) is 85.4 cm³/mol. The molecular formula is C15H20BrN3O2. The Kier molecular flexibility index (Phi) is 6.22. The first-order chi connectivity index (χ1) is 10.1. The van der Waals surface area contributed by atoms with Crippen LogP contribution in [-0.2, 0) is 13.5 Å². The van der Waals surface area contributed by atoms with Crippen LogP contribution in [-0.4, -0.2) is 40.7 Å². The van der Waals surface area contributed by atoms with E-state index in [0.717, 1.165) is 28.9 Å². The van der Waals surface area contributed by atoms with Gasteiger partial charge in [-0.1, -0.05) is 15.9 Å². The van der Waals surface area contributed by atoms with Crippen molar-refractivity contribution in [3.63, 3.8) is 0 Å². The largest absolute Gasteiger partial charge is 0.491 e. The Morgan fingerprint density at radius 2 is 2.10 bits per heavy atom. The first-order valence-corrected chi connectivity index (χ1v) is 7.68. The van der Waals surface area contributed by atoms with Gasteiger partial charge in [0.2, 0.25) is 0 Å². The molecule has 1 aromatic carbocycles. The Bertz CT molecular complexity index is 542. The molecule has 0 spiro atoms. The average molecular weight is 354 g/mol. The monoisotopic (exact) mass is 353 g/mol. The zero-order valence-corrected chi connectivity index (χ0v) is 13.6. The molecule has 1 atom stereocenters. The molecule has 0 fully saturated rings. The summed E-state index contributed by atoms with van der Waals surface area (Å²) in [5, 5.41) is 17.3. The smallest absolute Gasteiger partial charge is 0.119 e. The number of aliphatic hydroxyl groups is 1. The highest BCUT2D eigenvalue weighted by molar-refractivity contribution is 9.10. The molecule has 1 unspecified atom stereocenters. The van der Waals surface area contributed by atoms with Crippen LogP contribution in [0.4, 0.5) is 0 Å². The molecule has 2 rings (SSSR count). The number of hydrogen-bond donors (Lipinski definition) is 2. The number of nitrogens with zero attached hydrogens (tertiary/aromatic N) is 2. The summed E-state index contributed by atoms with van der Waals surface area (Å²) in [7, 11) is 1.90. The Labute approximate surface area is 133 Å². The van der Waals surface area contributed by atoms with E-state index >= 15 is 0 Å². The van der Waals surface area contributed by atoms with Crippen LogP contribution in [0, 0.1) is 0 Å². The molecule has 0 aliphatic heterocycles. The van der Waals surface area contributed by atoms with Crippen molar-refractivity contribution in [1.29, 1.82) is 0 Å². The Balaban J connectivity index is 1.59. The molecule has 2 N–H and O–H groups in total. The zero-order valence-electron chi connectivity index (χ0n) is 12.0. The van der Waals surface area contributed by atoms with Crippen molar-refractivity contribution in [2.45, 2.75) is 12.5 Å². The van der Waals surface area contributed by atoms with E-state index in [4.69, 9.17) is 4.74 Å². The van der Waals surface area contributed by atoms with Gasteiger partial charge in [0.1, 0.15) is 18.5 Å². The van der Waals surface area contributed by atoms with E-state index in [0.29, 0.717) is 6.54 Å². The van der Waals surface area contributed by atoms with E-state index in [1.165, 1.54) is 0 Å². The number of halogens is 1. The van der Waals surface area contributed by atoms with Gasteiger partial charge in [0.25, 0.3) is 0 Å². The minimum Gasteiger partial charge on any atom is -0.491 e. The molecule has 2 aromatic rings. The fourth-order valence-electron chi connectivity index (χ4n) is 1.86. The maximum Gasteiger partial charge on any atom is 0.119 e. The molecule has 1 aromatic heterocycles. The van der Waals surface area contributed by atoms with Crippen molar-refractivity contribution in [1.82, 2.24) is 15.1 Å². The van der Waals surface area contributed by atoms with E-state index in [2.05, 4.69) is 26.3 Å². The average Bonchev–Trinajstić information content (AvgIpc) is 2.89. The molecule has 0 saturated heterocycles. The van der Waals surface area contributed by atoms with Gasteiger partial charge in [0, 0.05) is 37.2 Å². The highest BCUT2D eigenvalue weighted by atomic mass is 79.9. The Morgan fingerprint density at radius 1 is 1.33 bits per heavy atom. The lowest BCUT2D eigenvalue weighted by Crippen LogP contribution is -2.32. The van der Waals surface area contributed by atoms with Crippen molar-refractivity contribution in [2.75, 3.05) is 19.7 Å². The predicted octanol–water partition coefficient (Wildman–Crippen LogP) is 1.75. The van der Waals surface area contributed by atoms with Crippen molar-refractivity contribution in [3.05, 3.63) is 46.7 Å².